The molecule has 1 aromatic heterocycles. The fraction of sp³-hybridized carbons (Fsp3) is 0.483. The lowest BCUT2D eigenvalue weighted by molar-refractivity contribution is -0.112. The number of nitrogens with one attached hydrogen (secondary N) is 1. The van der Waals surface area contributed by atoms with E-state index in [2.05, 4.69) is 20.2 Å². The van der Waals surface area contributed by atoms with Crippen molar-refractivity contribution in [1.82, 2.24) is 19.8 Å². The molecule has 13 heteroatoms. The molecule has 2 atom stereocenters. The summed E-state index contributed by atoms with van der Waals surface area (Å²) < 4.78 is 65.2. The number of benzene rings is 1. The first-order valence-corrected chi connectivity index (χ1v) is 13.9. The molecule has 4 heterocycles. The number of likely N-dealkylation sites (N-methyl/N-ethyl adjacent to an activating group) is 2. The summed E-state index contributed by atoms with van der Waals surface area (Å²) in [6.07, 6.45) is 2.34. The van der Waals surface area contributed by atoms with Crippen molar-refractivity contribution in [3.05, 3.63) is 53.5 Å². The van der Waals surface area contributed by atoms with Gasteiger partial charge in [0, 0.05) is 87.7 Å². The number of ether oxygens (including phenoxy) is 1. The first-order valence-electron chi connectivity index (χ1n) is 13.9. The van der Waals surface area contributed by atoms with E-state index in [1.165, 1.54) is 30.7 Å². The molecule has 3 aliphatic heterocycles. The van der Waals surface area contributed by atoms with Crippen LogP contribution < -0.4 is 15.1 Å². The number of aromatic nitrogens is 2. The minimum atomic E-state index is -2.90. The highest BCUT2D eigenvalue weighted by Crippen LogP contribution is 2.40. The van der Waals surface area contributed by atoms with E-state index in [9.17, 15) is 13.6 Å². The molecule has 0 spiro atoms. The second-order valence-electron chi connectivity index (χ2n) is 11.0. The number of amides is 1. The zero-order valence-corrected chi connectivity index (χ0v) is 24.1. The summed E-state index contributed by atoms with van der Waals surface area (Å²) >= 11 is 0. The van der Waals surface area contributed by atoms with Crippen molar-refractivity contribution in [2.75, 3.05) is 75.1 Å². The molecule has 2 fully saturated rings. The summed E-state index contributed by atoms with van der Waals surface area (Å²) in [4.78, 5) is 29.5. The van der Waals surface area contributed by atoms with E-state index < -0.39 is 35.1 Å². The summed E-state index contributed by atoms with van der Waals surface area (Å²) in [5.74, 6) is -2.40. The lowest BCUT2D eigenvalue weighted by Crippen LogP contribution is -2.55. The molecule has 226 valence electrons. The molecule has 1 amide bonds. The highest BCUT2D eigenvalue weighted by molar-refractivity contribution is 6.09. The van der Waals surface area contributed by atoms with Gasteiger partial charge in [0.1, 0.15) is 11.5 Å². The SMILES string of the molecule is C[C@@H]1CN(c2cc(F)c(-c3cnc(N4CCOCC4)nc3)c(F)c2NC(=O)C2=CN(C)CC=C2C(F)F)C[C@H](C)N1C. The van der Waals surface area contributed by atoms with Crippen LogP contribution in [0.25, 0.3) is 11.1 Å². The number of hydrogen-bond acceptors (Lipinski definition) is 8. The van der Waals surface area contributed by atoms with Crippen LogP contribution in [0.1, 0.15) is 13.8 Å². The fourth-order valence-electron chi connectivity index (χ4n) is 5.49. The van der Waals surface area contributed by atoms with Gasteiger partial charge in [0.15, 0.2) is 5.82 Å². The number of piperazine rings is 1. The molecule has 0 unspecified atom stereocenters. The zero-order chi connectivity index (χ0) is 30.1. The Labute approximate surface area is 242 Å². The number of morpholine rings is 1. The van der Waals surface area contributed by atoms with Crippen LogP contribution in [0.4, 0.5) is 34.9 Å². The summed E-state index contributed by atoms with van der Waals surface area (Å²) in [6, 6.07) is 1.28. The Morgan fingerprint density at radius 3 is 2.31 bits per heavy atom. The van der Waals surface area contributed by atoms with Crippen molar-refractivity contribution >= 4 is 23.2 Å². The van der Waals surface area contributed by atoms with E-state index in [1.807, 2.05) is 30.7 Å². The quantitative estimate of drug-likeness (QED) is 0.511. The Balaban J connectivity index is 1.56. The molecule has 9 nitrogen and oxygen atoms in total. The predicted molar refractivity (Wildman–Crippen MR) is 153 cm³/mol. The van der Waals surface area contributed by atoms with Gasteiger partial charge in [-0.05, 0) is 20.9 Å². The minimum absolute atomic E-state index is 0.0484. The van der Waals surface area contributed by atoms with Crippen LogP contribution in [0.5, 0.6) is 0 Å². The number of halogens is 4. The standard InChI is InChI=1S/C29H35F4N7O2/c1-17-14-40(15-18(2)38(17)4)23-11-22(30)24(19-12-34-29(35-13-19)39-7-9-42-10-8-39)25(31)26(23)36-28(41)21-16-37(3)6-5-20(21)27(32)33/h5,11-13,16-18,27H,6-10,14-15H2,1-4H3,(H,36,41)/t17-,18+. The normalized spacial score (nSPS) is 21.9. The Kier molecular flexibility index (Phi) is 8.69. The molecule has 0 bridgehead atoms. The molecular weight excluding hydrogens is 554 g/mol. The molecule has 1 aromatic carbocycles. The minimum Gasteiger partial charge on any atom is -0.378 e. The molecule has 0 aliphatic carbocycles. The van der Waals surface area contributed by atoms with Crippen LogP contribution in [0.2, 0.25) is 0 Å². The van der Waals surface area contributed by atoms with E-state index in [-0.39, 0.29) is 41.1 Å². The first-order chi connectivity index (χ1) is 20.0. The van der Waals surface area contributed by atoms with Gasteiger partial charge < -0.3 is 24.8 Å². The van der Waals surface area contributed by atoms with Crippen molar-refractivity contribution in [2.24, 2.45) is 0 Å². The highest BCUT2D eigenvalue weighted by Gasteiger charge is 2.33. The second-order valence-corrected chi connectivity index (χ2v) is 11.0. The molecule has 5 rings (SSSR count). The Morgan fingerprint density at radius 2 is 1.69 bits per heavy atom. The number of carbonyl (C=O) groups excluding carboxylic acids is 1. The molecule has 2 saturated heterocycles. The van der Waals surface area contributed by atoms with E-state index in [1.54, 1.807) is 11.9 Å². The number of nitrogens with zero attached hydrogens (tertiary/aromatic N) is 6. The van der Waals surface area contributed by atoms with Gasteiger partial charge in [-0.25, -0.2) is 27.5 Å². The van der Waals surface area contributed by atoms with Crippen LogP contribution in [-0.2, 0) is 9.53 Å². The second kappa shape index (κ2) is 12.3. The van der Waals surface area contributed by atoms with Gasteiger partial charge >= 0.3 is 0 Å². The average molecular weight is 590 g/mol. The third-order valence-electron chi connectivity index (χ3n) is 8.10. The van der Waals surface area contributed by atoms with E-state index >= 15 is 8.78 Å². The third-order valence-corrected chi connectivity index (χ3v) is 8.10. The summed E-state index contributed by atoms with van der Waals surface area (Å²) in [7, 11) is 3.62. The smallest absolute Gasteiger partial charge is 0.264 e. The molecule has 0 saturated carbocycles. The van der Waals surface area contributed by atoms with Crippen LogP contribution in [-0.4, -0.2) is 104 Å². The maximum Gasteiger partial charge on any atom is 0.264 e. The van der Waals surface area contributed by atoms with Crippen LogP contribution in [0.15, 0.2) is 41.9 Å². The predicted octanol–water partition coefficient (Wildman–Crippen LogP) is 3.75. The maximum absolute atomic E-state index is 16.5. The van der Waals surface area contributed by atoms with Crippen molar-refractivity contribution in [3.63, 3.8) is 0 Å². The lowest BCUT2D eigenvalue weighted by Gasteiger charge is -2.44. The van der Waals surface area contributed by atoms with Gasteiger partial charge in [-0.3, -0.25) is 9.69 Å². The highest BCUT2D eigenvalue weighted by atomic mass is 19.3. The van der Waals surface area contributed by atoms with E-state index in [4.69, 9.17) is 4.74 Å². The number of alkyl halides is 2. The van der Waals surface area contributed by atoms with Gasteiger partial charge in [-0.2, -0.15) is 0 Å². The van der Waals surface area contributed by atoms with Crippen LogP contribution >= 0.6 is 0 Å². The lowest BCUT2D eigenvalue weighted by atomic mass is 10.0. The third kappa shape index (κ3) is 5.93. The van der Waals surface area contributed by atoms with Crippen molar-refractivity contribution in [2.45, 2.75) is 32.4 Å². The van der Waals surface area contributed by atoms with Crippen molar-refractivity contribution in [3.8, 4) is 11.1 Å². The summed E-state index contributed by atoms with van der Waals surface area (Å²) in [5, 5.41) is 2.52. The Bertz CT molecular complexity index is 1370. The van der Waals surface area contributed by atoms with E-state index in [0.717, 1.165) is 0 Å². The van der Waals surface area contributed by atoms with Gasteiger partial charge in [-0.1, -0.05) is 6.08 Å². The molecule has 1 N–H and O–H groups in total. The number of anilines is 3. The zero-order valence-electron chi connectivity index (χ0n) is 24.1. The monoisotopic (exact) mass is 589 g/mol. The van der Waals surface area contributed by atoms with Crippen LogP contribution in [0, 0.1) is 11.6 Å². The molecule has 42 heavy (non-hydrogen) atoms. The fourth-order valence-corrected chi connectivity index (χ4v) is 5.49. The van der Waals surface area contributed by atoms with Gasteiger partial charge in [0.25, 0.3) is 12.3 Å². The van der Waals surface area contributed by atoms with Gasteiger partial charge in [0.2, 0.25) is 5.95 Å². The Hall–Kier alpha value is -3.71. The molecule has 3 aliphatic rings. The van der Waals surface area contributed by atoms with Gasteiger partial charge in [-0.15, -0.1) is 0 Å². The number of rotatable bonds is 6. The molecule has 0 radical (unpaired) electrons. The summed E-state index contributed by atoms with van der Waals surface area (Å²) in [6.45, 7) is 7.31. The first kappa shape index (κ1) is 29.8. The molecular formula is C29H35F4N7O2. The largest absolute Gasteiger partial charge is 0.378 e. The maximum atomic E-state index is 16.5. The summed E-state index contributed by atoms with van der Waals surface area (Å²) in [5.41, 5.74) is -1.23. The van der Waals surface area contributed by atoms with Crippen molar-refractivity contribution < 1.29 is 27.1 Å². The Morgan fingerprint density at radius 1 is 1.05 bits per heavy atom. The van der Waals surface area contributed by atoms with Crippen LogP contribution in [0.3, 0.4) is 0 Å². The van der Waals surface area contributed by atoms with Crippen molar-refractivity contribution in [1.29, 1.82) is 0 Å². The topological polar surface area (TPSA) is 77.1 Å². The van der Waals surface area contributed by atoms with Gasteiger partial charge in [0.05, 0.1) is 30.0 Å². The number of hydrogen-bond donors (Lipinski definition) is 1. The number of carbonyl (C=O) groups is 1. The molecule has 2 aromatic rings. The average Bonchev–Trinajstić information content (AvgIpc) is 2.97. The van der Waals surface area contributed by atoms with E-state index in [0.29, 0.717) is 45.3 Å².